The lowest BCUT2D eigenvalue weighted by Gasteiger charge is -2.27. The fourth-order valence-corrected chi connectivity index (χ4v) is 2.50. The number of guanidine groups is 1. The summed E-state index contributed by atoms with van der Waals surface area (Å²) in [5.41, 5.74) is 6.08. The lowest BCUT2D eigenvalue weighted by molar-refractivity contribution is 0.399. The minimum atomic E-state index is 0.131. The minimum absolute atomic E-state index is 0.131. The molecule has 0 aromatic rings. The van der Waals surface area contributed by atoms with Gasteiger partial charge in [-0.05, 0) is 45.4 Å². The fourth-order valence-electron chi connectivity index (χ4n) is 2.50. The first-order valence-electron chi connectivity index (χ1n) is 6.19. The molecule has 15 heavy (non-hydrogen) atoms. The van der Waals surface area contributed by atoms with E-state index in [1.165, 1.54) is 38.5 Å². The van der Waals surface area contributed by atoms with Gasteiger partial charge in [0.1, 0.15) is 0 Å². The molecule has 2 fully saturated rings. The summed E-state index contributed by atoms with van der Waals surface area (Å²) in [4.78, 5) is 4.55. The van der Waals surface area contributed by atoms with Gasteiger partial charge >= 0.3 is 0 Å². The van der Waals surface area contributed by atoms with Gasteiger partial charge in [0, 0.05) is 5.54 Å². The van der Waals surface area contributed by atoms with Gasteiger partial charge in [-0.15, -0.1) is 0 Å². The first-order valence-corrected chi connectivity index (χ1v) is 6.19. The van der Waals surface area contributed by atoms with Crippen molar-refractivity contribution in [2.45, 2.75) is 64.0 Å². The maximum atomic E-state index is 5.94. The third-order valence-corrected chi connectivity index (χ3v) is 3.69. The Kier molecular flexibility index (Phi) is 2.89. The second-order valence-electron chi connectivity index (χ2n) is 5.57. The summed E-state index contributed by atoms with van der Waals surface area (Å²) in [6.07, 6.45) is 7.72. The second-order valence-corrected chi connectivity index (χ2v) is 5.57. The summed E-state index contributed by atoms with van der Waals surface area (Å²) in [6, 6.07) is 0.479. The second kappa shape index (κ2) is 4.03. The summed E-state index contributed by atoms with van der Waals surface area (Å²) in [5, 5.41) is 3.37. The van der Waals surface area contributed by atoms with E-state index in [9.17, 15) is 0 Å². The molecule has 2 aliphatic rings. The number of hydrogen-bond acceptors (Lipinski definition) is 1. The summed E-state index contributed by atoms with van der Waals surface area (Å²) < 4.78 is 0. The van der Waals surface area contributed by atoms with Crippen LogP contribution in [-0.4, -0.2) is 17.5 Å². The van der Waals surface area contributed by atoms with Crippen LogP contribution in [0.4, 0.5) is 0 Å². The van der Waals surface area contributed by atoms with E-state index in [1.807, 2.05) is 0 Å². The molecule has 0 saturated heterocycles. The average molecular weight is 209 g/mol. The van der Waals surface area contributed by atoms with Gasteiger partial charge in [0.15, 0.2) is 5.96 Å². The first-order chi connectivity index (χ1) is 7.08. The summed E-state index contributed by atoms with van der Waals surface area (Å²) in [7, 11) is 0. The number of nitrogens with one attached hydrogen (secondary N) is 1. The number of nitrogens with two attached hydrogens (primary N) is 1. The van der Waals surface area contributed by atoms with Crippen molar-refractivity contribution in [3.63, 3.8) is 0 Å². The summed E-state index contributed by atoms with van der Waals surface area (Å²) in [6.45, 7) is 4.45. The van der Waals surface area contributed by atoms with Gasteiger partial charge in [0.2, 0.25) is 0 Å². The molecule has 0 radical (unpaired) electrons. The van der Waals surface area contributed by atoms with Gasteiger partial charge < -0.3 is 11.1 Å². The molecule has 0 amide bonds. The molecule has 2 aliphatic carbocycles. The molecule has 2 rings (SSSR count). The smallest absolute Gasteiger partial charge is 0.189 e. The molecule has 2 saturated carbocycles. The van der Waals surface area contributed by atoms with Crippen LogP contribution < -0.4 is 11.1 Å². The maximum Gasteiger partial charge on any atom is 0.189 e. The van der Waals surface area contributed by atoms with E-state index in [4.69, 9.17) is 5.73 Å². The van der Waals surface area contributed by atoms with Gasteiger partial charge in [0.25, 0.3) is 0 Å². The van der Waals surface area contributed by atoms with Crippen LogP contribution in [0.3, 0.4) is 0 Å². The summed E-state index contributed by atoms with van der Waals surface area (Å²) >= 11 is 0. The molecule has 0 bridgehead atoms. The summed E-state index contributed by atoms with van der Waals surface area (Å²) in [5.74, 6) is 1.44. The molecule has 0 aromatic heterocycles. The van der Waals surface area contributed by atoms with Crippen LogP contribution in [-0.2, 0) is 0 Å². The van der Waals surface area contributed by atoms with E-state index in [-0.39, 0.29) is 5.54 Å². The molecule has 3 N–H and O–H groups in total. The Labute approximate surface area is 92.5 Å². The Hall–Kier alpha value is -0.730. The van der Waals surface area contributed by atoms with Gasteiger partial charge in [-0.25, -0.2) is 0 Å². The number of hydrogen-bond donors (Lipinski definition) is 2. The van der Waals surface area contributed by atoms with Crippen LogP contribution in [0.15, 0.2) is 4.99 Å². The quantitative estimate of drug-likeness (QED) is 0.552. The zero-order valence-corrected chi connectivity index (χ0v) is 9.92. The maximum absolute atomic E-state index is 5.94. The van der Waals surface area contributed by atoms with Crippen molar-refractivity contribution in [1.82, 2.24) is 5.32 Å². The number of rotatable bonds is 3. The van der Waals surface area contributed by atoms with Crippen molar-refractivity contribution in [3.8, 4) is 0 Å². The highest BCUT2D eigenvalue weighted by molar-refractivity contribution is 5.78. The van der Waals surface area contributed by atoms with Gasteiger partial charge in [0.05, 0.1) is 6.04 Å². The number of aliphatic imine (C=N–C) groups is 1. The Morgan fingerprint density at radius 3 is 2.33 bits per heavy atom. The molecule has 0 spiro atoms. The van der Waals surface area contributed by atoms with Gasteiger partial charge in [-0.2, -0.15) is 0 Å². The highest BCUT2D eigenvalue weighted by Gasteiger charge is 2.38. The highest BCUT2D eigenvalue weighted by Crippen LogP contribution is 2.39. The van der Waals surface area contributed by atoms with E-state index >= 15 is 0 Å². The predicted molar refractivity (Wildman–Crippen MR) is 63.8 cm³/mol. The molecule has 0 atom stereocenters. The largest absolute Gasteiger partial charge is 0.370 e. The monoisotopic (exact) mass is 209 g/mol. The van der Waals surface area contributed by atoms with Crippen molar-refractivity contribution in [2.24, 2.45) is 16.6 Å². The van der Waals surface area contributed by atoms with Crippen molar-refractivity contribution in [2.75, 3.05) is 0 Å². The average Bonchev–Trinajstić information content (AvgIpc) is 2.88. The third-order valence-electron chi connectivity index (χ3n) is 3.69. The Balaban J connectivity index is 1.86. The Morgan fingerprint density at radius 2 is 1.80 bits per heavy atom. The number of nitrogens with zero attached hydrogens (tertiary/aromatic N) is 1. The van der Waals surface area contributed by atoms with E-state index in [1.54, 1.807) is 0 Å². The van der Waals surface area contributed by atoms with Crippen LogP contribution in [0.25, 0.3) is 0 Å². The standard InChI is InChI=1S/C12H23N3/c1-12(2,9-7-8-9)15-11(13)14-10-5-3-4-6-10/h9-10H,3-8H2,1-2H3,(H3,13,14,15). The Morgan fingerprint density at radius 1 is 1.20 bits per heavy atom. The van der Waals surface area contributed by atoms with Gasteiger partial charge in [-0.3, -0.25) is 4.99 Å². The molecular weight excluding hydrogens is 186 g/mol. The fraction of sp³-hybridized carbons (Fsp3) is 0.917. The van der Waals surface area contributed by atoms with Crippen LogP contribution >= 0.6 is 0 Å². The molecular formula is C12H23N3. The van der Waals surface area contributed by atoms with Crippen LogP contribution in [0, 0.1) is 5.92 Å². The lowest BCUT2D eigenvalue weighted by Crippen LogP contribution is -2.49. The lowest BCUT2D eigenvalue weighted by atomic mass is 9.99. The molecule has 0 aliphatic heterocycles. The van der Waals surface area contributed by atoms with Crippen molar-refractivity contribution < 1.29 is 0 Å². The first kappa shape index (κ1) is 10.8. The molecule has 0 heterocycles. The normalized spacial score (nSPS) is 24.5. The van der Waals surface area contributed by atoms with Crippen molar-refractivity contribution in [3.05, 3.63) is 0 Å². The molecule has 0 unspecified atom stereocenters. The van der Waals surface area contributed by atoms with E-state index in [0.29, 0.717) is 12.0 Å². The van der Waals surface area contributed by atoms with Crippen molar-refractivity contribution >= 4 is 5.96 Å². The molecule has 86 valence electrons. The SMILES string of the molecule is CC(C)(NC(N)=NC1CCCC1)C1CC1. The predicted octanol–water partition coefficient (Wildman–Crippen LogP) is 2.02. The highest BCUT2D eigenvalue weighted by atomic mass is 15.1. The Bertz CT molecular complexity index is 248. The van der Waals surface area contributed by atoms with Crippen molar-refractivity contribution in [1.29, 1.82) is 0 Å². The van der Waals surface area contributed by atoms with E-state index in [0.717, 1.165) is 5.92 Å². The molecule has 0 aromatic carbocycles. The van der Waals surface area contributed by atoms with Crippen LogP contribution in [0.1, 0.15) is 52.4 Å². The molecule has 3 heteroatoms. The van der Waals surface area contributed by atoms with E-state index < -0.39 is 0 Å². The zero-order valence-electron chi connectivity index (χ0n) is 9.92. The minimum Gasteiger partial charge on any atom is -0.370 e. The van der Waals surface area contributed by atoms with E-state index in [2.05, 4.69) is 24.2 Å². The molecule has 3 nitrogen and oxygen atoms in total. The van der Waals surface area contributed by atoms with Gasteiger partial charge in [-0.1, -0.05) is 12.8 Å². The van der Waals surface area contributed by atoms with Crippen LogP contribution in [0.5, 0.6) is 0 Å². The zero-order chi connectivity index (χ0) is 10.9. The van der Waals surface area contributed by atoms with Crippen LogP contribution in [0.2, 0.25) is 0 Å². The third kappa shape index (κ3) is 2.86. The topological polar surface area (TPSA) is 50.4 Å².